The fraction of sp³-hybridized carbons (Fsp3) is 0.486. The molecule has 0 spiro atoms. The Bertz CT molecular complexity index is 3810. The van der Waals surface area contributed by atoms with Crippen LogP contribution in [0.5, 0.6) is 0 Å². The molecule has 0 saturated carbocycles. The first-order valence-corrected chi connectivity index (χ1v) is 33.5. The SMILES string of the molecule is C/C=C\C(=C/C)CC(NC(=O)C(C)NC(O)CN1C(=O)c2ccc3c4c(ccc(c24)C1=O)C1C=CC2=C4C(=CC=C3C41)CN(CC(=O)NC(C)C(=O)NC(C/C(=C/CCC)CC(C)C)C(=O)NC(C)C(=O)NC(C(=O)O)C(C)C)C2=O)C(=O)NC(CC(=O)O)C(=O)NC(C(=O)O)C(C)C. The number of nitrogens with zero attached hydrogens (tertiary/aromatic N) is 2. The van der Waals surface area contributed by atoms with Gasteiger partial charge in [-0.15, -0.1) is 0 Å². The minimum absolute atomic E-state index is 0.0401. The van der Waals surface area contributed by atoms with Gasteiger partial charge in [0.25, 0.3) is 17.7 Å². The molecule has 12 N–H and O–H groups in total. The number of benzene rings is 2. The lowest BCUT2D eigenvalue weighted by molar-refractivity contribution is -0.145. The number of imide groups is 1. The van der Waals surface area contributed by atoms with Gasteiger partial charge in [-0.05, 0) is 117 Å². The van der Waals surface area contributed by atoms with Crippen LogP contribution in [-0.2, 0) is 52.7 Å². The Morgan fingerprint density at radius 3 is 1.72 bits per heavy atom. The van der Waals surface area contributed by atoms with Gasteiger partial charge in [0, 0.05) is 46.9 Å². The summed E-state index contributed by atoms with van der Waals surface area (Å²) in [5.41, 5.74) is 6.03. The molecule has 0 aromatic heterocycles. The maximum absolute atomic E-state index is 14.5. The molecule has 10 amide bonds. The van der Waals surface area contributed by atoms with Crippen molar-refractivity contribution in [2.24, 2.45) is 23.7 Å². The number of hydrogen-bond donors (Lipinski definition) is 12. The van der Waals surface area contributed by atoms with Crippen LogP contribution in [0.15, 0.2) is 101 Å². The topological polar surface area (TPSA) is 406 Å². The summed E-state index contributed by atoms with van der Waals surface area (Å²) in [6.45, 7) is 19.0. The van der Waals surface area contributed by atoms with E-state index >= 15 is 0 Å². The van der Waals surface area contributed by atoms with E-state index in [0.29, 0.717) is 34.8 Å². The van der Waals surface area contributed by atoms with Gasteiger partial charge in [0.05, 0.1) is 19.0 Å². The van der Waals surface area contributed by atoms with E-state index in [1.54, 1.807) is 76.3 Å². The second-order valence-electron chi connectivity index (χ2n) is 26.9. The number of fused-ring (bicyclic) bond motifs is 2. The molecule has 5 aliphatic rings. The van der Waals surface area contributed by atoms with Crippen molar-refractivity contribution < 1.29 is 82.8 Å². The molecular formula is C72H92N10O17. The second kappa shape index (κ2) is 33.1. The molecule has 7 rings (SSSR count). The molecule has 11 atom stereocenters. The minimum Gasteiger partial charge on any atom is -0.481 e. The first-order chi connectivity index (χ1) is 46.7. The van der Waals surface area contributed by atoms with Crippen molar-refractivity contribution in [3.63, 3.8) is 0 Å². The average Bonchev–Trinajstić information content (AvgIpc) is 0.694. The van der Waals surface area contributed by atoms with Crippen molar-refractivity contribution in [2.75, 3.05) is 19.6 Å². The van der Waals surface area contributed by atoms with Crippen molar-refractivity contribution in [1.29, 1.82) is 0 Å². The van der Waals surface area contributed by atoms with E-state index in [-0.39, 0.29) is 48.3 Å². The molecular weight excluding hydrogens is 1280 g/mol. The molecule has 11 unspecified atom stereocenters. The van der Waals surface area contributed by atoms with Crippen LogP contribution in [0.3, 0.4) is 0 Å². The summed E-state index contributed by atoms with van der Waals surface area (Å²) in [6, 6.07) is -3.88. The summed E-state index contributed by atoms with van der Waals surface area (Å²) in [7, 11) is 0. The van der Waals surface area contributed by atoms with Gasteiger partial charge in [-0.2, -0.15) is 0 Å². The predicted octanol–water partition coefficient (Wildman–Crippen LogP) is 3.94. The Balaban J connectivity index is 1.03. The lowest BCUT2D eigenvalue weighted by Crippen LogP contribution is -2.59. The maximum Gasteiger partial charge on any atom is 0.326 e. The molecule has 99 heavy (non-hydrogen) atoms. The van der Waals surface area contributed by atoms with Crippen LogP contribution < -0.4 is 42.5 Å². The monoisotopic (exact) mass is 1370 g/mol. The number of aliphatic carboxylic acids is 3. The highest BCUT2D eigenvalue weighted by Crippen LogP contribution is 2.57. The second-order valence-corrected chi connectivity index (χ2v) is 26.9. The van der Waals surface area contributed by atoms with E-state index in [1.165, 1.54) is 39.5 Å². The molecule has 0 radical (unpaired) electrons. The zero-order chi connectivity index (χ0) is 73.2. The third-order valence-electron chi connectivity index (χ3n) is 18.1. The van der Waals surface area contributed by atoms with Crippen LogP contribution in [0.25, 0.3) is 16.3 Å². The van der Waals surface area contributed by atoms with Crippen molar-refractivity contribution in [3.8, 4) is 0 Å². The van der Waals surface area contributed by atoms with Gasteiger partial charge in [0.1, 0.15) is 55.1 Å². The first kappa shape index (κ1) is 76.5. The fourth-order valence-corrected chi connectivity index (χ4v) is 13.1. The van der Waals surface area contributed by atoms with Crippen LogP contribution in [0.4, 0.5) is 0 Å². The normalized spacial score (nSPS) is 19.1. The van der Waals surface area contributed by atoms with Crippen LogP contribution in [0.1, 0.15) is 159 Å². The van der Waals surface area contributed by atoms with E-state index in [2.05, 4.69) is 42.5 Å². The van der Waals surface area contributed by atoms with E-state index in [9.17, 15) is 82.8 Å². The van der Waals surface area contributed by atoms with E-state index < -0.39 is 163 Å². The number of allylic oxidation sites excluding steroid dienone is 8. The van der Waals surface area contributed by atoms with Crippen molar-refractivity contribution in [2.45, 2.75) is 182 Å². The van der Waals surface area contributed by atoms with Crippen molar-refractivity contribution >= 4 is 93.3 Å². The number of unbranched alkanes of at least 4 members (excludes halogenated alkanes) is 1. The number of carboxylic acids is 3. The maximum atomic E-state index is 14.5. The number of aliphatic hydroxyl groups is 1. The number of carbonyl (C=O) groups excluding carboxylic acids is 10. The number of hydrogen-bond acceptors (Lipinski definition) is 15. The lowest BCUT2D eigenvalue weighted by Gasteiger charge is -2.45. The van der Waals surface area contributed by atoms with Crippen molar-refractivity contribution in [3.05, 3.63) is 123 Å². The van der Waals surface area contributed by atoms with Crippen LogP contribution in [0, 0.1) is 23.7 Å². The van der Waals surface area contributed by atoms with Gasteiger partial charge in [-0.25, -0.2) is 9.59 Å². The van der Waals surface area contributed by atoms with Gasteiger partial charge >= 0.3 is 17.9 Å². The zero-order valence-corrected chi connectivity index (χ0v) is 57.9. The van der Waals surface area contributed by atoms with Crippen LogP contribution >= 0.6 is 0 Å². The molecule has 27 nitrogen and oxygen atoms in total. The molecule has 532 valence electrons. The Hall–Kier alpha value is -9.89. The first-order valence-electron chi connectivity index (χ1n) is 33.5. The summed E-state index contributed by atoms with van der Waals surface area (Å²) < 4.78 is 0. The smallest absolute Gasteiger partial charge is 0.326 e. The Morgan fingerprint density at radius 2 is 1.14 bits per heavy atom. The zero-order valence-electron chi connectivity index (χ0n) is 57.9. The van der Waals surface area contributed by atoms with Gasteiger partial charge < -0.3 is 62.5 Å². The summed E-state index contributed by atoms with van der Waals surface area (Å²) in [4.78, 5) is 177. The highest BCUT2D eigenvalue weighted by molar-refractivity contribution is 6.27. The highest BCUT2D eigenvalue weighted by Gasteiger charge is 2.47. The van der Waals surface area contributed by atoms with Gasteiger partial charge in [0.2, 0.25) is 41.4 Å². The minimum atomic E-state index is -1.75. The highest BCUT2D eigenvalue weighted by atomic mass is 16.4. The number of amides is 10. The average molecular weight is 1370 g/mol. The summed E-state index contributed by atoms with van der Waals surface area (Å²) in [6.07, 6.45) is 13.9. The molecule has 2 aromatic carbocycles. The summed E-state index contributed by atoms with van der Waals surface area (Å²) in [5.74, 6) is -13.3. The number of rotatable bonds is 34. The van der Waals surface area contributed by atoms with E-state index in [0.717, 1.165) is 44.7 Å². The number of aliphatic hydroxyl groups excluding tert-OH is 1. The summed E-state index contributed by atoms with van der Waals surface area (Å²) in [5, 5.41) is 61.8. The summed E-state index contributed by atoms with van der Waals surface area (Å²) >= 11 is 0. The Kier molecular flexibility index (Phi) is 25.6. The molecule has 0 bridgehead atoms. The molecule has 2 aliphatic heterocycles. The number of β-amino-alcohol motifs (C(OH)–C–C–N with tert-alkyl or cyclic N) is 1. The number of carboxylic acid groups (broad SMARTS) is 3. The van der Waals surface area contributed by atoms with Gasteiger partial charge in [-0.1, -0.05) is 127 Å². The van der Waals surface area contributed by atoms with E-state index in [4.69, 9.17) is 0 Å². The van der Waals surface area contributed by atoms with Crippen LogP contribution in [0.2, 0.25) is 0 Å². The predicted molar refractivity (Wildman–Crippen MR) is 365 cm³/mol. The molecule has 3 aliphatic carbocycles. The van der Waals surface area contributed by atoms with Gasteiger partial charge in [-0.3, -0.25) is 63.0 Å². The number of carbonyl (C=O) groups is 13. The fourth-order valence-electron chi connectivity index (χ4n) is 13.1. The lowest BCUT2D eigenvalue weighted by atomic mass is 9.61. The third kappa shape index (κ3) is 17.9. The largest absolute Gasteiger partial charge is 0.481 e. The van der Waals surface area contributed by atoms with E-state index in [1.807, 2.05) is 45.1 Å². The Labute approximate surface area is 574 Å². The third-order valence-corrected chi connectivity index (χ3v) is 18.1. The molecule has 2 aromatic rings. The Morgan fingerprint density at radius 1 is 0.606 bits per heavy atom. The molecule has 2 heterocycles. The standard InChI is InChI=1S/C72H92N10O17/c1-13-16-18-41(27-34(4)5)29-51(65(90)75-39(12)64(89)79-60(35(6)7)71(96)97)77-62(87)37(10)73-53(83)32-81-31-42-19-20-43-45-22-25-48-59-49(26-23-46(58(45)59)44-21-24-47(68(81)93)56(42)57(43)44)70(95)82(69(48)94)33-54(84)74-38(11)63(88)76-50(28-40(15-3)17-14-2)66(91)78-52(30-55(85)86)67(92)80-61(36(8)9)72(98)99/h14-15,17-26,34-39,44,50-52,54,57,60-61,74,84H,13,16,27-33H2,1-12H3,(H,73,83)(H,75,90)(H,76,88)(H,77,87)(H,78,91)(H,79,89)(H,80,92)(H,85,86)(H,96,97)(H,98,99)/b17-14-,40-15+,41-18+. The number of nitrogens with one attached hydrogen (secondary N) is 8. The van der Waals surface area contributed by atoms with Crippen molar-refractivity contribution in [1.82, 2.24) is 52.3 Å². The molecule has 27 heteroatoms. The molecule has 0 saturated heterocycles. The van der Waals surface area contributed by atoms with Gasteiger partial charge in [0.15, 0.2) is 0 Å². The quantitative estimate of drug-likeness (QED) is 0.0204. The molecule has 0 fully saturated rings. The van der Waals surface area contributed by atoms with Crippen LogP contribution in [-0.4, -0.2) is 181 Å².